The lowest BCUT2D eigenvalue weighted by atomic mass is 10.1. The molecule has 3 nitrogen and oxygen atoms in total. The third-order valence-electron chi connectivity index (χ3n) is 4.10. The second-order valence-corrected chi connectivity index (χ2v) is 5.49. The number of benzene rings is 3. The van der Waals surface area contributed by atoms with Crippen molar-refractivity contribution in [2.45, 2.75) is 6.61 Å². The normalized spacial score (nSPS) is 11.0. The number of hydrogen-bond acceptors (Lipinski definition) is 2. The Morgan fingerprint density at radius 1 is 0.870 bits per heavy atom. The molecule has 0 fully saturated rings. The number of rotatable bonds is 4. The first-order valence-electron chi connectivity index (χ1n) is 7.60. The number of hydrogen-bond donors (Lipinski definition) is 1. The van der Waals surface area contributed by atoms with Gasteiger partial charge in [-0.05, 0) is 28.5 Å². The molecular weight excluding hydrogens is 286 g/mol. The first-order chi connectivity index (χ1) is 11.3. The molecular formula is C20H17NO2. The highest BCUT2D eigenvalue weighted by atomic mass is 16.5. The van der Waals surface area contributed by atoms with Crippen LogP contribution < -0.4 is 9.47 Å². The van der Waals surface area contributed by atoms with Crippen LogP contribution in [0.1, 0.15) is 5.56 Å². The van der Waals surface area contributed by atoms with Crippen LogP contribution in [0.4, 0.5) is 0 Å². The molecule has 4 rings (SSSR count). The Bertz CT molecular complexity index is 966. The van der Waals surface area contributed by atoms with E-state index in [0.717, 1.165) is 22.4 Å². The van der Waals surface area contributed by atoms with E-state index in [1.165, 1.54) is 16.3 Å². The molecule has 0 saturated heterocycles. The van der Waals surface area contributed by atoms with Gasteiger partial charge < -0.3 is 14.5 Å². The Balaban J connectivity index is 1.68. The fourth-order valence-corrected chi connectivity index (χ4v) is 2.91. The summed E-state index contributed by atoms with van der Waals surface area (Å²) in [5.41, 5.74) is 2.21. The van der Waals surface area contributed by atoms with E-state index in [-0.39, 0.29) is 0 Å². The lowest BCUT2D eigenvalue weighted by Gasteiger charge is -2.12. The highest BCUT2D eigenvalue weighted by Gasteiger charge is 2.09. The molecule has 0 atom stereocenters. The van der Waals surface area contributed by atoms with Crippen molar-refractivity contribution in [3.05, 3.63) is 72.4 Å². The van der Waals surface area contributed by atoms with Gasteiger partial charge in [-0.1, -0.05) is 42.5 Å². The molecule has 1 heterocycles. The molecule has 0 aliphatic carbocycles. The van der Waals surface area contributed by atoms with Crippen LogP contribution in [0.3, 0.4) is 0 Å². The van der Waals surface area contributed by atoms with Gasteiger partial charge in [0.2, 0.25) is 0 Å². The van der Waals surface area contributed by atoms with E-state index in [1.807, 2.05) is 24.4 Å². The summed E-state index contributed by atoms with van der Waals surface area (Å²) in [5, 5.41) is 3.55. The molecule has 0 radical (unpaired) electrons. The third-order valence-corrected chi connectivity index (χ3v) is 4.10. The minimum absolute atomic E-state index is 0.508. The van der Waals surface area contributed by atoms with Gasteiger partial charge in [0.15, 0.2) is 11.5 Å². The summed E-state index contributed by atoms with van der Waals surface area (Å²) in [6, 6.07) is 20.6. The summed E-state index contributed by atoms with van der Waals surface area (Å²) in [6.07, 6.45) is 1.92. The van der Waals surface area contributed by atoms with Crippen molar-refractivity contribution in [3.63, 3.8) is 0 Å². The summed E-state index contributed by atoms with van der Waals surface area (Å²) >= 11 is 0. The van der Waals surface area contributed by atoms with E-state index < -0.39 is 0 Å². The topological polar surface area (TPSA) is 34.2 Å². The van der Waals surface area contributed by atoms with Gasteiger partial charge in [-0.3, -0.25) is 0 Å². The fraction of sp³-hybridized carbons (Fsp3) is 0.100. The van der Waals surface area contributed by atoms with Crippen LogP contribution >= 0.6 is 0 Å². The molecule has 114 valence electrons. The zero-order chi connectivity index (χ0) is 15.6. The van der Waals surface area contributed by atoms with Crippen molar-refractivity contribution >= 4 is 21.7 Å². The number of H-pyrrole nitrogens is 1. The summed E-state index contributed by atoms with van der Waals surface area (Å²) < 4.78 is 11.5. The van der Waals surface area contributed by atoms with E-state index in [4.69, 9.17) is 9.47 Å². The van der Waals surface area contributed by atoms with Crippen LogP contribution in [0.15, 0.2) is 66.9 Å². The molecule has 3 heteroatoms. The average Bonchev–Trinajstić information content (AvgIpc) is 3.06. The van der Waals surface area contributed by atoms with Crippen molar-refractivity contribution in [3.8, 4) is 11.5 Å². The minimum Gasteiger partial charge on any atom is -0.493 e. The van der Waals surface area contributed by atoms with Crippen LogP contribution in [0, 0.1) is 0 Å². The van der Waals surface area contributed by atoms with Crippen LogP contribution in [-0.2, 0) is 6.61 Å². The number of fused-ring (bicyclic) bond motifs is 2. The van der Waals surface area contributed by atoms with Crippen molar-refractivity contribution in [2.75, 3.05) is 7.11 Å². The standard InChI is InChI=1S/C20H17NO2/c1-22-19-12-18-15(9-10-21-18)11-20(19)23-13-16-7-4-6-14-5-2-3-8-17(14)16/h2-12,21H,13H2,1H3. The molecule has 3 aromatic carbocycles. The first kappa shape index (κ1) is 13.7. The number of aromatic nitrogens is 1. The molecule has 1 N–H and O–H groups in total. The number of nitrogens with one attached hydrogen (secondary N) is 1. The first-order valence-corrected chi connectivity index (χ1v) is 7.60. The Hall–Kier alpha value is -2.94. The molecule has 0 aliphatic heterocycles. The van der Waals surface area contributed by atoms with E-state index >= 15 is 0 Å². The quantitative estimate of drug-likeness (QED) is 0.581. The van der Waals surface area contributed by atoms with E-state index in [0.29, 0.717) is 6.61 Å². The Labute approximate surface area is 134 Å². The summed E-state index contributed by atoms with van der Waals surface area (Å²) in [4.78, 5) is 3.18. The smallest absolute Gasteiger partial charge is 0.162 e. The van der Waals surface area contributed by atoms with Crippen LogP contribution in [0.2, 0.25) is 0 Å². The highest BCUT2D eigenvalue weighted by Crippen LogP contribution is 2.33. The lowest BCUT2D eigenvalue weighted by molar-refractivity contribution is 0.286. The summed E-state index contributed by atoms with van der Waals surface area (Å²) in [6.45, 7) is 0.508. The minimum atomic E-state index is 0.508. The molecule has 0 saturated carbocycles. The number of ether oxygens (including phenoxy) is 2. The van der Waals surface area contributed by atoms with Gasteiger partial charge in [-0.25, -0.2) is 0 Å². The van der Waals surface area contributed by atoms with Gasteiger partial charge in [-0.2, -0.15) is 0 Å². The third kappa shape index (κ3) is 2.50. The molecule has 4 aromatic rings. The van der Waals surface area contributed by atoms with Gasteiger partial charge in [-0.15, -0.1) is 0 Å². The monoisotopic (exact) mass is 303 g/mol. The maximum atomic E-state index is 6.06. The number of aromatic amines is 1. The zero-order valence-corrected chi connectivity index (χ0v) is 12.9. The van der Waals surface area contributed by atoms with Crippen molar-refractivity contribution in [2.24, 2.45) is 0 Å². The molecule has 1 aromatic heterocycles. The highest BCUT2D eigenvalue weighted by molar-refractivity contribution is 5.86. The molecule has 0 bridgehead atoms. The van der Waals surface area contributed by atoms with Gasteiger partial charge >= 0.3 is 0 Å². The molecule has 23 heavy (non-hydrogen) atoms. The molecule has 0 amide bonds. The second-order valence-electron chi connectivity index (χ2n) is 5.49. The Morgan fingerprint density at radius 3 is 2.65 bits per heavy atom. The maximum Gasteiger partial charge on any atom is 0.162 e. The van der Waals surface area contributed by atoms with Gasteiger partial charge in [0.1, 0.15) is 6.61 Å². The van der Waals surface area contributed by atoms with Gasteiger partial charge in [0, 0.05) is 23.2 Å². The SMILES string of the molecule is COc1cc2[nH]ccc2cc1OCc1cccc2ccccc12. The molecule has 0 spiro atoms. The summed E-state index contributed by atoms with van der Waals surface area (Å²) in [7, 11) is 1.66. The Morgan fingerprint density at radius 2 is 1.74 bits per heavy atom. The van der Waals surface area contributed by atoms with Crippen molar-refractivity contribution in [1.29, 1.82) is 0 Å². The average molecular weight is 303 g/mol. The van der Waals surface area contributed by atoms with E-state index in [2.05, 4.69) is 47.4 Å². The zero-order valence-electron chi connectivity index (χ0n) is 12.9. The van der Waals surface area contributed by atoms with Crippen LogP contribution in [-0.4, -0.2) is 12.1 Å². The summed E-state index contributed by atoms with van der Waals surface area (Å²) in [5.74, 6) is 1.49. The lowest BCUT2D eigenvalue weighted by Crippen LogP contribution is -1.98. The maximum absolute atomic E-state index is 6.06. The van der Waals surface area contributed by atoms with E-state index in [9.17, 15) is 0 Å². The fourth-order valence-electron chi connectivity index (χ4n) is 2.91. The van der Waals surface area contributed by atoms with Gasteiger partial charge in [0.25, 0.3) is 0 Å². The molecule has 0 unspecified atom stereocenters. The van der Waals surface area contributed by atoms with Crippen molar-refractivity contribution in [1.82, 2.24) is 4.98 Å². The van der Waals surface area contributed by atoms with E-state index in [1.54, 1.807) is 7.11 Å². The molecule has 0 aliphatic rings. The Kier molecular flexibility index (Phi) is 3.39. The van der Waals surface area contributed by atoms with Crippen molar-refractivity contribution < 1.29 is 9.47 Å². The van der Waals surface area contributed by atoms with Crippen LogP contribution in [0.25, 0.3) is 21.7 Å². The predicted molar refractivity (Wildman–Crippen MR) is 93.1 cm³/mol. The number of methoxy groups -OCH3 is 1. The predicted octanol–water partition coefficient (Wildman–Crippen LogP) is 4.91. The van der Waals surface area contributed by atoms with Crippen LogP contribution in [0.5, 0.6) is 11.5 Å². The largest absolute Gasteiger partial charge is 0.493 e. The second kappa shape index (κ2) is 5.69. The van der Waals surface area contributed by atoms with Gasteiger partial charge in [0.05, 0.1) is 7.11 Å².